The van der Waals surface area contributed by atoms with Crippen molar-refractivity contribution in [1.82, 2.24) is 4.90 Å². The summed E-state index contributed by atoms with van der Waals surface area (Å²) in [6.07, 6.45) is 1.84. The van der Waals surface area contributed by atoms with Gasteiger partial charge < -0.3 is 4.74 Å². The molecule has 3 aliphatic rings. The predicted octanol–water partition coefficient (Wildman–Crippen LogP) is 2.20. The van der Waals surface area contributed by atoms with Gasteiger partial charge in [0.15, 0.2) is 0 Å². The molecule has 1 aromatic carbocycles. The average molecular weight is 271 g/mol. The highest BCUT2D eigenvalue weighted by Gasteiger charge is 2.36. The molecule has 0 saturated carbocycles. The Balaban J connectivity index is 1.55. The molecule has 20 heavy (non-hydrogen) atoms. The second kappa shape index (κ2) is 5.51. The summed E-state index contributed by atoms with van der Waals surface area (Å²) in [5, 5.41) is 11.4. The molecule has 5 nitrogen and oxygen atoms in total. The van der Waals surface area contributed by atoms with E-state index in [1.54, 1.807) is 24.3 Å². The van der Waals surface area contributed by atoms with Gasteiger partial charge in [0.1, 0.15) is 6.10 Å². The van der Waals surface area contributed by atoms with Crippen LogP contribution in [0.4, 0.5) is 10.5 Å². The van der Waals surface area contributed by atoms with Crippen molar-refractivity contribution in [2.45, 2.75) is 18.9 Å². The van der Waals surface area contributed by atoms with E-state index in [0.717, 1.165) is 32.5 Å². The van der Waals surface area contributed by atoms with E-state index in [0.29, 0.717) is 17.2 Å². The van der Waals surface area contributed by atoms with Crippen molar-refractivity contribution in [2.24, 2.45) is 5.92 Å². The molecule has 3 fully saturated rings. The van der Waals surface area contributed by atoms with E-state index < -0.39 is 6.09 Å². The molecule has 0 spiro atoms. The van der Waals surface area contributed by atoms with Crippen LogP contribution in [0.3, 0.4) is 0 Å². The van der Waals surface area contributed by atoms with Crippen LogP contribution < -0.4 is 5.32 Å². The van der Waals surface area contributed by atoms with Crippen LogP contribution >= 0.6 is 0 Å². The zero-order valence-corrected chi connectivity index (χ0v) is 11.2. The van der Waals surface area contributed by atoms with E-state index in [9.17, 15) is 4.79 Å². The van der Waals surface area contributed by atoms with E-state index in [2.05, 4.69) is 10.2 Å². The number of rotatable bonds is 2. The molecule has 1 amide bonds. The van der Waals surface area contributed by atoms with Gasteiger partial charge in [-0.2, -0.15) is 5.26 Å². The van der Waals surface area contributed by atoms with Gasteiger partial charge in [0, 0.05) is 12.2 Å². The van der Waals surface area contributed by atoms with Crippen molar-refractivity contribution in [2.75, 3.05) is 25.0 Å². The Morgan fingerprint density at radius 1 is 1.30 bits per heavy atom. The highest BCUT2D eigenvalue weighted by molar-refractivity contribution is 5.84. The molecular weight excluding hydrogens is 254 g/mol. The highest BCUT2D eigenvalue weighted by atomic mass is 16.6. The zero-order chi connectivity index (χ0) is 13.9. The quantitative estimate of drug-likeness (QED) is 0.895. The minimum Gasteiger partial charge on any atom is -0.444 e. The lowest BCUT2D eigenvalue weighted by Crippen LogP contribution is -2.52. The van der Waals surface area contributed by atoms with Gasteiger partial charge in [0.25, 0.3) is 0 Å². The number of hydrogen-bond donors (Lipinski definition) is 1. The summed E-state index contributed by atoms with van der Waals surface area (Å²) >= 11 is 0. The molecule has 4 rings (SSSR count). The minimum atomic E-state index is -0.409. The van der Waals surface area contributed by atoms with Gasteiger partial charge in [-0.05, 0) is 56.1 Å². The number of piperidine rings is 3. The molecule has 5 heteroatoms. The summed E-state index contributed by atoms with van der Waals surface area (Å²) in [5.41, 5.74) is 1.22. The molecule has 104 valence electrons. The smallest absolute Gasteiger partial charge is 0.411 e. The Bertz CT molecular complexity index is 527. The predicted molar refractivity (Wildman–Crippen MR) is 74.2 cm³/mol. The van der Waals surface area contributed by atoms with Gasteiger partial charge in [-0.25, -0.2) is 4.79 Å². The summed E-state index contributed by atoms with van der Waals surface area (Å²) in [7, 11) is 0. The number of anilines is 1. The Labute approximate surface area is 118 Å². The number of carbonyl (C=O) groups is 1. The molecule has 1 atom stereocenters. The molecule has 2 bridgehead atoms. The maximum Gasteiger partial charge on any atom is 0.411 e. The number of nitrogens with one attached hydrogen (secondary N) is 1. The Hall–Kier alpha value is -2.06. The van der Waals surface area contributed by atoms with E-state index in [4.69, 9.17) is 10.00 Å². The monoisotopic (exact) mass is 271 g/mol. The molecule has 0 aliphatic carbocycles. The van der Waals surface area contributed by atoms with Crippen molar-refractivity contribution in [1.29, 1.82) is 5.26 Å². The van der Waals surface area contributed by atoms with Crippen LogP contribution in [-0.2, 0) is 4.74 Å². The fraction of sp³-hybridized carbons (Fsp3) is 0.467. The highest BCUT2D eigenvalue weighted by Crippen LogP contribution is 2.29. The molecule has 1 unspecified atom stereocenters. The molecule has 0 radical (unpaired) electrons. The number of ether oxygens (including phenoxy) is 1. The van der Waals surface area contributed by atoms with Gasteiger partial charge in [0.2, 0.25) is 0 Å². The Morgan fingerprint density at radius 2 is 2.00 bits per heavy atom. The number of benzene rings is 1. The Kier molecular flexibility index (Phi) is 3.57. The van der Waals surface area contributed by atoms with Crippen molar-refractivity contribution < 1.29 is 9.53 Å². The standard InChI is InChI=1S/C15H17N3O2/c16-9-11-1-3-13(4-2-11)17-15(19)20-14-10-18-7-5-12(14)6-8-18/h1-4,12,14H,5-8,10H2,(H,17,19). The fourth-order valence-corrected chi connectivity index (χ4v) is 2.96. The number of amides is 1. The molecule has 1 N–H and O–H groups in total. The number of nitriles is 1. The van der Waals surface area contributed by atoms with E-state index >= 15 is 0 Å². The van der Waals surface area contributed by atoms with Crippen molar-refractivity contribution >= 4 is 11.8 Å². The lowest BCUT2D eigenvalue weighted by Gasteiger charge is -2.43. The van der Waals surface area contributed by atoms with E-state index in [1.807, 2.05) is 6.07 Å². The molecule has 3 aliphatic heterocycles. The molecule has 0 aromatic heterocycles. The van der Waals surface area contributed by atoms with Crippen molar-refractivity contribution in [3.8, 4) is 6.07 Å². The molecule has 3 saturated heterocycles. The topological polar surface area (TPSA) is 65.4 Å². The normalized spacial score (nSPS) is 27.6. The maximum absolute atomic E-state index is 11.9. The lowest BCUT2D eigenvalue weighted by atomic mass is 9.86. The van der Waals surface area contributed by atoms with Gasteiger partial charge in [-0.15, -0.1) is 0 Å². The van der Waals surface area contributed by atoms with Crippen LogP contribution in [0.25, 0.3) is 0 Å². The Morgan fingerprint density at radius 3 is 2.55 bits per heavy atom. The third-order valence-corrected chi connectivity index (χ3v) is 4.11. The summed E-state index contributed by atoms with van der Waals surface area (Å²) in [4.78, 5) is 14.2. The first-order chi connectivity index (χ1) is 9.74. The van der Waals surface area contributed by atoms with Crippen LogP contribution in [0, 0.1) is 17.2 Å². The summed E-state index contributed by atoms with van der Waals surface area (Å²) < 4.78 is 5.53. The zero-order valence-electron chi connectivity index (χ0n) is 11.2. The van der Waals surface area contributed by atoms with E-state index in [1.165, 1.54) is 0 Å². The lowest BCUT2D eigenvalue weighted by molar-refractivity contribution is -0.0289. The van der Waals surface area contributed by atoms with Gasteiger partial charge in [-0.1, -0.05) is 0 Å². The number of hydrogen-bond acceptors (Lipinski definition) is 4. The van der Waals surface area contributed by atoms with Crippen molar-refractivity contribution in [3.05, 3.63) is 29.8 Å². The van der Waals surface area contributed by atoms with Crippen LogP contribution in [0.5, 0.6) is 0 Å². The number of nitrogens with zero attached hydrogens (tertiary/aromatic N) is 2. The second-order valence-corrected chi connectivity index (χ2v) is 5.40. The SMILES string of the molecule is N#Cc1ccc(NC(=O)OC2CN3CCC2CC3)cc1. The first-order valence-corrected chi connectivity index (χ1v) is 6.95. The van der Waals surface area contributed by atoms with Gasteiger partial charge in [-0.3, -0.25) is 10.2 Å². The fourth-order valence-electron chi connectivity index (χ4n) is 2.96. The third kappa shape index (κ3) is 2.75. The maximum atomic E-state index is 11.9. The molecular formula is C15H17N3O2. The van der Waals surface area contributed by atoms with Gasteiger partial charge >= 0.3 is 6.09 Å². The van der Waals surface area contributed by atoms with Gasteiger partial charge in [0.05, 0.1) is 11.6 Å². The third-order valence-electron chi connectivity index (χ3n) is 4.11. The summed E-state index contributed by atoms with van der Waals surface area (Å²) in [6.45, 7) is 3.11. The number of fused-ring (bicyclic) bond motifs is 3. The number of carbonyl (C=O) groups excluding carboxylic acids is 1. The first kappa shape index (κ1) is 12.9. The van der Waals surface area contributed by atoms with Crippen LogP contribution in [0.1, 0.15) is 18.4 Å². The average Bonchev–Trinajstić information content (AvgIpc) is 2.49. The molecule has 1 aromatic rings. The largest absolute Gasteiger partial charge is 0.444 e. The van der Waals surface area contributed by atoms with Crippen molar-refractivity contribution in [3.63, 3.8) is 0 Å². The minimum absolute atomic E-state index is 0.0101. The van der Waals surface area contributed by atoms with Crippen LogP contribution in [0.2, 0.25) is 0 Å². The first-order valence-electron chi connectivity index (χ1n) is 6.95. The second-order valence-electron chi connectivity index (χ2n) is 5.40. The van der Waals surface area contributed by atoms with Crippen LogP contribution in [-0.4, -0.2) is 36.7 Å². The van der Waals surface area contributed by atoms with Crippen LogP contribution in [0.15, 0.2) is 24.3 Å². The van der Waals surface area contributed by atoms with E-state index in [-0.39, 0.29) is 6.10 Å². The molecule has 3 heterocycles. The summed E-state index contributed by atoms with van der Waals surface area (Å²) in [5.74, 6) is 0.506. The summed E-state index contributed by atoms with van der Waals surface area (Å²) in [6, 6.07) is 8.79.